The van der Waals surface area contributed by atoms with Crippen LogP contribution in [0.25, 0.3) is 16.2 Å². The van der Waals surface area contributed by atoms with Crippen molar-refractivity contribution in [3.8, 4) is 11.4 Å². The number of amides is 1. The molecule has 0 spiro atoms. The number of hydrogen-bond donors (Lipinski definition) is 2. The summed E-state index contributed by atoms with van der Waals surface area (Å²) in [4.78, 5) is 30.0. The number of hydrogen-bond acceptors (Lipinski definition) is 9. The molecule has 0 unspecified atom stereocenters. The minimum atomic E-state index is -0.205. The Morgan fingerprint density at radius 3 is 2.70 bits per heavy atom. The number of carbonyl (C=O) groups excluding carboxylic acids is 1. The van der Waals surface area contributed by atoms with Gasteiger partial charge in [0.25, 0.3) is 5.91 Å². The van der Waals surface area contributed by atoms with Crippen molar-refractivity contribution in [2.24, 2.45) is 0 Å². The molecular formula is C22H26N8OS2. The van der Waals surface area contributed by atoms with E-state index >= 15 is 0 Å². The van der Waals surface area contributed by atoms with Gasteiger partial charge in [-0.3, -0.25) is 4.79 Å². The van der Waals surface area contributed by atoms with Gasteiger partial charge in [0, 0.05) is 53.9 Å². The second kappa shape index (κ2) is 8.71. The predicted molar refractivity (Wildman–Crippen MR) is 132 cm³/mol. The smallest absolute Gasteiger partial charge is 0.272 e. The number of nitrogens with one attached hydrogen (secondary N) is 2. The van der Waals surface area contributed by atoms with Crippen LogP contribution in [-0.4, -0.2) is 60.0 Å². The maximum Gasteiger partial charge on any atom is 0.272 e. The Morgan fingerprint density at radius 1 is 1.15 bits per heavy atom. The number of aromatic nitrogens is 5. The molecule has 0 atom stereocenters. The van der Waals surface area contributed by atoms with Gasteiger partial charge in [-0.25, -0.2) is 19.5 Å². The number of likely N-dealkylation sites (tertiary alicyclic amines) is 1. The number of rotatable bonds is 5. The van der Waals surface area contributed by atoms with E-state index in [2.05, 4.69) is 46.5 Å². The molecule has 5 heterocycles. The summed E-state index contributed by atoms with van der Waals surface area (Å²) < 4.78 is 1.80. The van der Waals surface area contributed by atoms with Gasteiger partial charge in [-0.05, 0) is 33.6 Å². The van der Waals surface area contributed by atoms with E-state index in [9.17, 15) is 4.79 Å². The normalized spacial score (nSPS) is 15.2. The summed E-state index contributed by atoms with van der Waals surface area (Å²) in [6.07, 6.45) is 7.19. The fraction of sp³-hybridized carbons (Fsp3) is 0.409. The third-order valence-electron chi connectivity index (χ3n) is 5.36. The summed E-state index contributed by atoms with van der Waals surface area (Å²) in [6, 6.07) is 2.07. The summed E-state index contributed by atoms with van der Waals surface area (Å²) >= 11 is 3.17. The van der Waals surface area contributed by atoms with E-state index in [-0.39, 0.29) is 11.4 Å². The van der Waals surface area contributed by atoms with Crippen molar-refractivity contribution >= 4 is 44.4 Å². The van der Waals surface area contributed by atoms with Crippen molar-refractivity contribution in [1.82, 2.24) is 29.5 Å². The van der Waals surface area contributed by atoms with E-state index in [1.807, 2.05) is 21.9 Å². The largest absolute Gasteiger partial charge is 0.365 e. The second-order valence-electron chi connectivity index (χ2n) is 9.10. The summed E-state index contributed by atoms with van der Waals surface area (Å²) in [5, 5.41) is 16.1. The summed E-state index contributed by atoms with van der Waals surface area (Å²) in [7, 11) is 0. The summed E-state index contributed by atoms with van der Waals surface area (Å²) in [6.45, 7) is 7.54. The molecule has 5 rings (SSSR count). The van der Waals surface area contributed by atoms with Crippen LogP contribution in [0.3, 0.4) is 0 Å². The highest BCUT2D eigenvalue weighted by Gasteiger charge is 2.26. The number of anilines is 2. The van der Waals surface area contributed by atoms with Gasteiger partial charge in [-0.2, -0.15) is 5.10 Å². The third-order valence-corrected chi connectivity index (χ3v) is 6.96. The second-order valence-corrected chi connectivity index (χ2v) is 10.9. The van der Waals surface area contributed by atoms with E-state index in [1.165, 1.54) is 0 Å². The topological polar surface area (TPSA) is 100 Å². The first kappa shape index (κ1) is 21.8. The quantitative estimate of drug-likeness (QED) is 0.439. The van der Waals surface area contributed by atoms with Crippen LogP contribution in [0.2, 0.25) is 0 Å². The van der Waals surface area contributed by atoms with E-state index in [0.717, 1.165) is 28.4 Å². The molecular weight excluding hydrogens is 456 g/mol. The van der Waals surface area contributed by atoms with Crippen molar-refractivity contribution in [3.05, 3.63) is 41.1 Å². The van der Waals surface area contributed by atoms with Gasteiger partial charge in [0.05, 0.1) is 11.8 Å². The van der Waals surface area contributed by atoms with Crippen molar-refractivity contribution in [2.75, 3.05) is 23.7 Å². The lowest BCUT2D eigenvalue weighted by Crippen LogP contribution is -2.42. The molecule has 0 saturated carbocycles. The highest BCUT2D eigenvalue weighted by atomic mass is 32.1. The molecule has 0 aliphatic carbocycles. The molecule has 2 N–H and O–H groups in total. The first-order valence-electron chi connectivity index (χ1n) is 10.9. The van der Waals surface area contributed by atoms with Crippen LogP contribution in [0.5, 0.6) is 0 Å². The average Bonchev–Trinajstić information content (AvgIpc) is 3.51. The minimum Gasteiger partial charge on any atom is -0.365 e. The Balaban J connectivity index is 1.39. The molecule has 1 amide bonds. The fourth-order valence-electron chi connectivity index (χ4n) is 3.86. The zero-order chi connectivity index (χ0) is 23.0. The number of carbonyl (C=O) groups is 1. The minimum absolute atomic E-state index is 0.0714. The number of piperidine rings is 1. The summed E-state index contributed by atoms with van der Waals surface area (Å²) in [5.74, 6) is 1.07. The SMILES string of the molecule is CC(C)(C)Nc1cc(C(=O)N2CCC(Nc3nccs3)CC2)nc(-c2cnn3ccsc23)n1. The van der Waals surface area contributed by atoms with Crippen LogP contribution in [0.4, 0.5) is 10.9 Å². The summed E-state index contributed by atoms with van der Waals surface area (Å²) in [5.41, 5.74) is 1.01. The molecule has 1 saturated heterocycles. The Hall–Kier alpha value is -3.05. The Bertz CT molecular complexity index is 1250. The molecule has 0 aromatic carbocycles. The first-order chi connectivity index (χ1) is 15.9. The molecule has 1 aliphatic heterocycles. The molecule has 4 aromatic rings. The van der Waals surface area contributed by atoms with E-state index < -0.39 is 0 Å². The van der Waals surface area contributed by atoms with Gasteiger partial charge in [-0.15, -0.1) is 22.7 Å². The van der Waals surface area contributed by atoms with Crippen molar-refractivity contribution in [1.29, 1.82) is 0 Å². The molecule has 1 fully saturated rings. The van der Waals surface area contributed by atoms with E-state index in [4.69, 9.17) is 4.98 Å². The van der Waals surface area contributed by atoms with Gasteiger partial charge in [-0.1, -0.05) is 0 Å². The van der Waals surface area contributed by atoms with Gasteiger partial charge < -0.3 is 15.5 Å². The molecule has 33 heavy (non-hydrogen) atoms. The molecule has 11 heteroatoms. The maximum absolute atomic E-state index is 13.4. The molecule has 9 nitrogen and oxygen atoms in total. The van der Waals surface area contributed by atoms with Crippen LogP contribution in [0.15, 0.2) is 35.4 Å². The van der Waals surface area contributed by atoms with Crippen LogP contribution in [-0.2, 0) is 0 Å². The number of nitrogens with zero attached hydrogens (tertiary/aromatic N) is 6. The fourth-order valence-corrected chi connectivity index (χ4v) is 5.26. The van der Waals surface area contributed by atoms with Gasteiger partial charge >= 0.3 is 0 Å². The third kappa shape index (κ3) is 4.83. The zero-order valence-electron chi connectivity index (χ0n) is 18.8. The monoisotopic (exact) mass is 482 g/mol. The Morgan fingerprint density at radius 2 is 1.97 bits per heavy atom. The lowest BCUT2D eigenvalue weighted by molar-refractivity contribution is 0.0712. The molecule has 1 aliphatic rings. The van der Waals surface area contributed by atoms with E-state index in [1.54, 1.807) is 45.6 Å². The standard InChI is InChI=1S/C22H26N8OS2/c1-22(2,3)28-17-12-16(26-18(27-17)15-13-24-30-9-11-32-20(15)30)19(31)29-7-4-14(5-8-29)25-21-23-6-10-33-21/h6,9-14H,4-5,7-8H2,1-3H3,(H,23,25)(H,26,27,28). The van der Waals surface area contributed by atoms with Crippen molar-refractivity contribution in [3.63, 3.8) is 0 Å². The Labute approximate surface area is 199 Å². The highest BCUT2D eigenvalue weighted by molar-refractivity contribution is 7.16. The average molecular weight is 483 g/mol. The van der Waals surface area contributed by atoms with Crippen molar-refractivity contribution in [2.45, 2.75) is 45.2 Å². The number of fused-ring (bicyclic) bond motifs is 1. The van der Waals surface area contributed by atoms with Crippen LogP contribution >= 0.6 is 22.7 Å². The van der Waals surface area contributed by atoms with E-state index in [0.29, 0.717) is 36.5 Å². The van der Waals surface area contributed by atoms with Gasteiger partial charge in [0.15, 0.2) is 11.0 Å². The molecule has 0 radical (unpaired) electrons. The predicted octanol–water partition coefficient (Wildman–Crippen LogP) is 4.24. The first-order valence-corrected chi connectivity index (χ1v) is 12.7. The van der Waals surface area contributed by atoms with Crippen LogP contribution in [0, 0.1) is 0 Å². The maximum atomic E-state index is 13.4. The highest BCUT2D eigenvalue weighted by Crippen LogP contribution is 2.28. The lowest BCUT2D eigenvalue weighted by Gasteiger charge is -2.32. The van der Waals surface area contributed by atoms with Gasteiger partial charge in [0.1, 0.15) is 16.3 Å². The lowest BCUT2D eigenvalue weighted by atomic mass is 10.0. The Kier molecular flexibility index (Phi) is 5.75. The zero-order valence-corrected chi connectivity index (χ0v) is 20.4. The van der Waals surface area contributed by atoms with Gasteiger partial charge in [0.2, 0.25) is 0 Å². The number of thiazole rings is 2. The molecule has 0 bridgehead atoms. The molecule has 172 valence electrons. The van der Waals surface area contributed by atoms with Crippen molar-refractivity contribution < 1.29 is 4.79 Å². The molecule has 4 aromatic heterocycles. The van der Waals surface area contributed by atoms with Crippen LogP contribution < -0.4 is 10.6 Å². The van der Waals surface area contributed by atoms with Crippen LogP contribution in [0.1, 0.15) is 44.1 Å².